The molecule has 15 nitrogen and oxygen atoms in total. The Kier molecular flexibility index (Phi) is 13.0. The molecule has 12 N–H and O–H groups in total. The molecule has 15 heteroatoms. The number of carbonyl (C=O) groups is 4. The molecule has 1 aromatic rings. The van der Waals surface area contributed by atoms with Crippen molar-refractivity contribution in [1.29, 1.82) is 0 Å². The van der Waals surface area contributed by atoms with Crippen LogP contribution >= 0.6 is 0 Å². The van der Waals surface area contributed by atoms with E-state index >= 15 is 0 Å². The maximum atomic E-state index is 13.2. The van der Waals surface area contributed by atoms with Crippen LogP contribution in [0.2, 0.25) is 0 Å². The lowest BCUT2D eigenvalue weighted by atomic mass is 10.0. The van der Waals surface area contributed by atoms with Gasteiger partial charge in [0.2, 0.25) is 17.7 Å². The molecule has 0 fully saturated rings. The zero-order valence-corrected chi connectivity index (χ0v) is 21.3. The summed E-state index contributed by atoms with van der Waals surface area (Å²) in [6.07, 6.45) is 2.44. The van der Waals surface area contributed by atoms with Gasteiger partial charge in [0.1, 0.15) is 12.1 Å². The number of hydrogen-bond acceptors (Lipinski definition) is 8. The smallest absolute Gasteiger partial charge is 0.328 e. The van der Waals surface area contributed by atoms with Gasteiger partial charge in [0.15, 0.2) is 12.0 Å². The number of aliphatic hydroxyl groups is 1. The Balaban J connectivity index is 2.99. The van der Waals surface area contributed by atoms with E-state index in [-0.39, 0.29) is 37.7 Å². The second-order valence-corrected chi connectivity index (χ2v) is 9.15. The molecule has 0 saturated carbocycles. The fourth-order valence-corrected chi connectivity index (χ4v) is 3.37. The average molecular weight is 526 g/mol. The van der Waals surface area contributed by atoms with Gasteiger partial charge in [-0.05, 0) is 32.1 Å². The minimum atomic E-state index is -1.56. The Hall–Kier alpha value is -3.72. The van der Waals surface area contributed by atoms with Crippen molar-refractivity contribution in [2.24, 2.45) is 28.1 Å². The number of carboxylic acids is 1. The quantitative estimate of drug-likeness (QED) is 0.0612. The number of guanidine groups is 1. The van der Waals surface area contributed by atoms with Crippen LogP contribution in [0.3, 0.4) is 0 Å². The first-order valence-electron chi connectivity index (χ1n) is 11.9. The van der Waals surface area contributed by atoms with E-state index in [0.717, 1.165) is 0 Å². The summed E-state index contributed by atoms with van der Waals surface area (Å²) in [4.78, 5) is 60.8. The molecule has 0 bridgehead atoms. The molecule has 208 valence electrons. The minimum Gasteiger partial charge on any atom is -0.480 e. The van der Waals surface area contributed by atoms with E-state index in [1.54, 1.807) is 0 Å². The fraction of sp³-hybridized carbons (Fsp3) is 0.636. The van der Waals surface area contributed by atoms with Crippen molar-refractivity contribution in [3.05, 3.63) is 18.2 Å². The summed E-state index contributed by atoms with van der Waals surface area (Å²) in [5, 5.41) is 26.4. The van der Waals surface area contributed by atoms with Crippen molar-refractivity contribution in [2.75, 3.05) is 6.54 Å². The monoisotopic (exact) mass is 525 g/mol. The van der Waals surface area contributed by atoms with Crippen LogP contribution in [-0.2, 0) is 25.6 Å². The number of carbonyl (C=O) groups excluding carboxylic acids is 3. The first kappa shape index (κ1) is 31.3. The van der Waals surface area contributed by atoms with Crippen molar-refractivity contribution in [2.45, 2.75) is 76.7 Å². The van der Waals surface area contributed by atoms with E-state index in [9.17, 15) is 29.4 Å². The zero-order chi connectivity index (χ0) is 28.1. The molecule has 3 amide bonds. The summed E-state index contributed by atoms with van der Waals surface area (Å²) in [6, 6.07) is -4.74. The van der Waals surface area contributed by atoms with Crippen LogP contribution in [0.4, 0.5) is 0 Å². The molecule has 0 saturated heterocycles. The molecule has 1 aromatic heterocycles. The standard InChI is InChI=1S/C22H39N9O6/c1-11(2)7-15(20(35)31-17(12(3)32)21(36)37)30-19(34)16(8-13-9-26-10-28-13)29-18(33)14(23)5-4-6-27-22(24)25/h9-12,14-17,32H,4-8,23H2,1-3H3,(H,26,28)(H,29,33)(H,30,34)(H,31,35)(H,36,37)(H4,24,25,27). The molecule has 0 aromatic carbocycles. The molecule has 0 aliphatic rings. The molecule has 0 spiro atoms. The van der Waals surface area contributed by atoms with E-state index in [4.69, 9.17) is 17.2 Å². The highest BCUT2D eigenvalue weighted by Gasteiger charge is 2.32. The van der Waals surface area contributed by atoms with E-state index in [0.29, 0.717) is 12.1 Å². The number of nitrogens with zero attached hydrogens (tertiary/aromatic N) is 2. The Morgan fingerprint density at radius 3 is 2.19 bits per heavy atom. The third-order valence-corrected chi connectivity index (χ3v) is 5.30. The lowest BCUT2D eigenvalue weighted by Gasteiger charge is -2.26. The van der Waals surface area contributed by atoms with Crippen molar-refractivity contribution >= 4 is 29.7 Å². The van der Waals surface area contributed by atoms with Crippen LogP contribution in [0.25, 0.3) is 0 Å². The van der Waals surface area contributed by atoms with Gasteiger partial charge in [-0.3, -0.25) is 19.4 Å². The van der Waals surface area contributed by atoms with Crippen LogP contribution in [-0.4, -0.2) is 86.6 Å². The maximum absolute atomic E-state index is 13.2. The lowest BCUT2D eigenvalue weighted by molar-refractivity contribution is -0.145. The molecular formula is C22H39N9O6. The highest BCUT2D eigenvalue weighted by molar-refractivity contribution is 5.94. The Morgan fingerprint density at radius 1 is 1.05 bits per heavy atom. The number of aliphatic hydroxyl groups excluding tert-OH is 1. The predicted molar refractivity (Wildman–Crippen MR) is 135 cm³/mol. The number of hydrogen-bond donors (Lipinski definition) is 9. The first-order valence-corrected chi connectivity index (χ1v) is 11.9. The van der Waals surface area contributed by atoms with Crippen molar-refractivity contribution < 1.29 is 29.4 Å². The van der Waals surface area contributed by atoms with Gasteiger partial charge in [-0.2, -0.15) is 0 Å². The van der Waals surface area contributed by atoms with Crippen molar-refractivity contribution in [3.63, 3.8) is 0 Å². The molecule has 1 heterocycles. The van der Waals surface area contributed by atoms with Crippen LogP contribution in [0.5, 0.6) is 0 Å². The summed E-state index contributed by atoms with van der Waals surface area (Å²) in [6.45, 7) is 5.16. The van der Waals surface area contributed by atoms with Gasteiger partial charge in [0.25, 0.3) is 0 Å². The molecule has 37 heavy (non-hydrogen) atoms. The van der Waals surface area contributed by atoms with Crippen molar-refractivity contribution in [1.82, 2.24) is 25.9 Å². The molecule has 0 aliphatic heterocycles. The third-order valence-electron chi connectivity index (χ3n) is 5.30. The summed E-state index contributed by atoms with van der Waals surface area (Å²) in [7, 11) is 0. The number of rotatable bonds is 16. The zero-order valence-electron chi connectivity index (χ0n) is 21.3. The first-order chi connectivity index (χ1) is 17.3. The number of aromatic nitrogens is 2. The second-order valence-electron chi connectivity index (χ2n) is 9.15. The molecule has 0 aliphatic carbocycles. The van der Waals surface area contributed by atoms with Crippen LogP contribution in [0.1, 0.15) is 45.7 Å². The van der Waals surface area contributed by atoms with Crippen LogP contribution in [0, 0.1) is 5.92 Å². The molecule has 5 unspecified atom stereocenters. The topological polar surface area (TPSA) is 264 Å². The summed E-state index contributed by atoms with van der Waals surface area (Å²) < 4.78 is 0. The van der Waals surface area contributed by atoms with Crippen molar-refractivity contribution in [3.8, 4) is 0 Å². The number of carboxylic acid groups (broad SMARTS) is 1. The van der Waals surface area contributed by atoms with Crippen LogP contribution in [0.15, 0.2) is 17.5 Å². The van der Waals surface area contributed by atoms with Gasteiger partial charge in [-0.15, -0.1) is 0 Å². The molecule has 0 radical (unpaired) electrons. The normalized spacial score (nSPS) is 15.1. The summed E-state index contributed by atoms with van der Waals surface area (Å²) in [5.41, 5.74) is 17.1. The summed E-state index contributed by atoms with van der Waals surface area (Å²) in [5.74, 6) is -3.59. The number of H-pyrrole nitrogens is 1. The maximum Gasteiger partial charge on any atom is 0.328 e. The molecule has 5 atom stereocenters. The van der Waals surface area contributed by atoms with E-state index in [1.807, 2.05) is 13.8 Å². The highest BCUT2D eigenvalue weighted by Crippen LogP contribution is 2.08. The largest absolute Gasteiger partial charge is 0.480 e. The Labute approximate surface area is 215 Å². The number of aliphatic imine (C=N–C) groups is 1. The SMILES string of the molecule is CC(C)CC(NC(=O)C(Cc1cnc[nH]1)NC(=O)C(N)CCCN=C(N)N)C(=O)NC(C(=O)O)C(C)O. The number of imidazole rings is 1. The van der Waals surface area contributed by atoms with Gasteiger partial charge < -0.3 is 48.3 Å². The number of nitrogens with two attached hydrogens (primary N) is 3. The third kappa shape index (κ3) is 11.7. The number of aromatic amines is 1. The van der Waals surface area contributed by atoms with E-state index < -0.39 is 54.0 Å². The highest BCUT2D eigenvalue weighted by atomic mass is 16.4. The van der Waals surface area contributed by atoms with Crippen LogP contribution < -0.4 is 33.2 Å². The molecular weight excluding hydrogens is 486 g/mol. The average Bonchev–Trinajstić information content (AvgIpc) is 3.31. The Morgan fingerprint density at radius 2 is 1.68 bits per heavy atom. The lowest BCUT2D eigenvalue weighted by Crippen LogP contribution is -2.58. The van der Waals surface area contributed by atoms with Gasteiger partial charge in [-0.25, -0.2) is 9.78 Å². The number of nitrogens with one attached hydrogen (secondary N) is 4. The van der Waals surface area contributed by atoms with E-state index in [1.165, 1.54) is 19.4 Å². The number of aliphatic carboxylic acids is 1. The van der Waals surface area contributed by atoms with Gasteiger partial charge in [0, 0.05) is 24.9 Å². The van der Waals surface area contributed by atoms with E-state index in [2.05, 4.69) is 30.9 Å². The fourth-order valence-electron chi connectivity index (χ4n) is 3.37. The van der Waals surface area contributed by atoms with Gasteiger partial charge in [-0.1, -0.05) is 13.8 Å². The van der Waals surface area contributed by atoms with Gasteiger partial charge >= 0.3 is 5.97 Å². The predicted octanol–water partition coefficient (Wildman–Crippen LogP) is -2.70. The minimum absolute atomic E-state index is 0.0275. The molecule has 1 rings (SSSR count). The van der Waals surface area contributed by atoms with Gasteiger partial charge in [0.05, 0.1) is 18.5 Å². The second kappa shape index (κ2) is 15.4. The number of amides is 3. The Bertz CT molecular complexity index is 916. The summed E-state index contributed by atoms with van der Waals surface area (Å²) >= 11 is 0.